The average Bonchev–Trinajstić information content (AvgIpc) is 2.90. The Balaban J connectivity index is 2.23. The van der Waals surface area contributed by atoms with E-state index in [1.165, 1.54) is 33.5 Å². The molecule has 1 heterocycles. The van der Waals surface area contributed by atoms with E-state index in [4.69, 9.17) is 4.74 Å². The van der Waals surface area contributed by atoms with E-state index in [1.54, 1.807) is 7.11 Å². The van der Waals surface area contributed by atoms with Gasteiger partial charge in [0.05, 0.1) is 7.11 Å². The molecule has 2 aromatic rings. The number of anilines is 1. The van der Waals surface area contributed by atoms with E-state index < -0.39 is 0 Å². The van der Waals surface area contributed by atoms with Crippen LogP contribution in [-0.2, 0) is 6.42 Å². The van der Waals surface area contributed by atoms with Gasteiger partial charge in [-0.2, -0.15) is 0 Å². The Bertz CT molecular complexity index is 631. The van der Waals surface area contributed by atoms with Crippen molar-refractivity contribution in [3.63, 3.8) is 0 Å². The summed E-state index contributed by atoms with van der Waals surface area (Å²) in [5.41, 5.74) is 7.66. The van der Waals surface area contributed by atoms with Crippen molar-refractivity contribution >= 4 is 5.69 Å². The molecule has 0 fully saturated rings. The number of hydrogen-bond donors (Lipinski definition) is 1. The number of fused-ring (bicyclic) bond motifs is 1. The monoisotopic (exact) mass is 253 g/mol. The number of nitrogens with one attached hydrogen (secondary N) is 1. The Kier molecular flexibility index (Phi) is 2.94. The zero-order valence-corrected chi connectivity index (χ0v) is 11.7. The van der Waals surface area contributed by atoms with Crippen molar-refractivity contribution in [3.8, 4) is 16.9 Å². The topological polar surface area (TPSA) is 21.3 Å². The molecule has 0 spiro atoms. The molecule has 19 heavy (non-hydrogen) atoms. The van der Waals surface area contributed by atoms with Crippen molar-refractivity contribution < 1.29 is 4.74 Å². The van der Waals surface area contributed by atoms with Gasteiger partial charge < -0.3 is 10.1 Å². The predicted octanol–water partition coefficient (Wildman–Crippen LogP) is 3.95. The second-order valence-electron chi connectivity index (χ2n) is 5.10. The summed E-state index contributed by atoms with van der Waals surface area (Å²) >= 11 is 0. The first-order chi connectivity index (χ1) is 9.22. The third-order valence-electron chi connectivity index (χ3n) is 4.04. The molecule has 0 saturated heterocycles. The lowest BCUT2D eigenvalue weighted by Crippen LogP contribution is -1.95. The SMILES string of the molecule is COc1c(-c2cccc3c2CCN3)ccc(C)c1C. The minimum atomic E-state index is 1.00. The highest BCUT2D eigenvalue weighted by atomic mass is 16.5. The van der Waals surface area contributed by atoms with Crippen molar-refractivity contribution in [1.29, 1.82) is 0 Å². The minimum Gasteiger partial charge on any atom is -0.496 e. The van der Waals surface area contributed by atoms with Crippen LogP contribution in [0, 0.1) is 13.8 Å². The zero-order chi connectivity index (χ0) is 13.4. The molecule has 2 heteroatoms. The van der Waals surface area contributed by atoms with Gasteiger partial charge in [0.1, 0.15) is 5.75 Å². The Hall–Kier alpha value is -1.96. The molecule has 0 bridgehead atoms. The molecule has 0 radical (unpaired) electrons. The second kappa shape index (κ2) is 4.61. The van der Waals surface area contributed by atoms with E-state index in [9.17, 15) is 0 Å². The number of ether oxygens (including phenoxy) is 1. The number of benzene rings is 2. The quantitative estimate of drug-likeness (QED) is 0.875. The lowest BCUT2D eigenvalue weighted by Gasteiger charge is -2.16. The number of rotatable bonds is 2. The van der Waals surface area contributed by atoms with Crippen molar-refractivity contribution in [2.45, 2.75) is 20.3 Å². The first-order valence-electron chi connectivity index (χ1n) is 6.72. The molecule has 1 aliphatic rings. The molecule has 1 N–H and O–H groups in total. The number of hydrogen-bond acceptors (Lipinski definition) is 2. The van der Waals surface area contributed by atoms with Crippen LogP contribution in [0.1, 0.15) is 16.7 Å². The van der Waals surface area contributed by atoms with Gasteiger partial charge in [0.2, 0.25) is 0 Å². The molecular weight excluding hydrogens is 234 g/mol. The molecule has 0 amide bonds. The van der Waals surface area contributed by atoms with Crippen LogP contribution in [0.4, 0.5) is 5.69 Å². The van der Waals surface area contributed by atoms with Crippen LogP contribution in [0.15, 0.2) is 30.3 Å². The summed E-state index contributed by atoms with van der Waals surface area (Å²) in [6.07, 6.45) is 1.08. The van der Waals surface area contributed by atoms with Gasteiger partial charge in [-0.05, 0) is 48.6 Å². The van der Waals surface area contributed by atoms with E-state index in [-0.39, 0.29) is 0 Å². The standard InChI is InChI=1S/C17H19NO/c1-11-7-8-15(17(19-3)12(11)2)13-5-4-6-16-14(13)9-10-18-16/h4-8,18H,9-10H2,1-3H3. The van der Waals surface area contributed by atoms with Crippen LogP contribution in [0.5, 0.6) is 5.75 Å². The predicted molar refractivity (Wildman–Crippen MR) is 80.1 cm³/mol. The summed E-state index contributed by atoms with van der Waals surface area (Å²) in [6.45, 7) is 5.27. The fourth-order valence-corrected chi connectivity index (χ4v) is 2.86. The Labute approximate surface area is 114 Å². The largest absolute Gasteiger partial charge is 0.496 e. The number of aryl methyl sites for hydroxylation is 1. The molecule has 0 aromatic heterocycles. The molecule has 0 saturated carbocycles. The van der Waals surface area contributed by atoms with E-state index in [2.05, 4.69) is 49.5 Å². The highest BCUT2D eigenvalue weighted by molar-refractivity contribution is 5.80. The van der Waals surface area contributed by atoms with Gasteiger partial charge in [-0.25, -0.2) is 0 Å². The lowest BCUT2D eigenvalue weighted by molar-refractivity contribution is 0.413. The van der Waals surface area contributed by atoms with E-state index in [0.717, 1.165) is 18.7 Å². The maximum Gasteiger partial charge on any atom is 0.129 e. The smallest absolute Gasteiger partial charge is 0.129 e. The van der Waals surface area contributed by atoms with Gasteiger partial charge in [-0.15, -0.1) is 0 Å². The van der Waals surface area contributed by atoms with Crippen molar-refractivity contribution in [3.05, 3.63) is 47.0 Å². The Morgan fingerprint density at radius 1 is 1.05 bits per heavy atom. The summed E-state index contributed by atoms with van der Waals surface area (Å²) < 4.78 is 5.65. The number of methoxy groups -OCH3 is 1. The van der Waals surface area contributed by atoms with Gasteiger partial charge in [0.25, 0.3) is 0 Å². The third-order valence-corrected chi connectivity index (χ3v) is 4.04. The van der Waals surface area contributed by atoms with Crippen LogP contribution in [0.2, 0.25) is 0 Å². The van der Waals surface area contributed by atoms with Crippen LogP contribution in [0.3, 0.4) is 0 Å². The molecule has 2 aromatic carbocycles. The van der Waals surface area contributed by atoms with E-state index in [0.29, 0.717) is 0 Å². The molecule has 1 aliphatic heterocycles. The average molecular weight is 253 g/mol. The van der Waals surface area contributed by atoms with E-state index in [1.807, 2.05) is 0 Å². The van der Waals surface area contributed by atoms with E-state index >= 15 is 0 Å². The fraction of sp³-hybridized carbons (Fsp3) is 0.294. The fourth-order valence-electron chi connectivity index (χ4n) is 2.86. The van der Waals surface area contributed by atoms with Gasteiger partial charge in [-0.3, -0.25) is 0 Å². The van der Waals surface area contributed by atoms with Crippen LogP contribution >= 0.6 is 0 Å². The first-order valence-corrected chi connectivity index (χ1v) is 6.72. The molecule has 98 valence electrons. The summed E-state index contributed by atoms with van der Waals surface area (Å²) in [5, 5.41) is 3.43. The maximum absolute atomic E-state index is 5.65. The zero-order valence-electron chi connectivity index (χ0n) is 11.7. The summed E-state index contributed by atoms with van der Waals surface area (Å²) in [6, 6.07) is 10.8. The second-order valence-corrected chi connectivity index (χ2v) is 5.10. The normalized spacial score (nSPS) is 13.0. The molecule has 0 aliphatic carbocycles. The van der Waals surface area contributed by atoms with Gasteiger partial charge in [-0.1, -0.05) is 24.3 Å². The van der Waals surface area contributed by atoms with Crippen molar-refractivity contribution in [1.82, 2.24) is 0 Å². The van der Waals surface area contributed by atoms with Crippen LogP contribution in [0.25, 0.3) is 11.1 Å². The molecule has 2 nitrogen and oxygen atoms in total. The van der Waals surface area contributed by atoms with Gasteiger partial charge >= 0.3 is 0 Å². The first kappa shape index (κ1) is 12.1. The molecule has 0 atom stereocenters. The molecule has 0 unspecified atom stereocenters. The van der Waals surface area contributed by atoms with Gasteiger partial charge in [0, 0.05) is 17.8 Å². The van der Waals surface area contributed by atoms with Crippen LogP contribution < -0.4 is 10.1 Å². The third kappa shape index (κ3) is 1.88. The highest BCUT2D eigenvalue weighted by Crippen LogP contribution is 2.39. The summed E-state index contributed by atoms with van der Waals surface area (Å²) in [7, 11) is 1.76. The van der Waals surface area contributed by atoms with Gasteiger partial charge in [0.15, 0.2) is 0 Å². The molecular formula is C17H19NO. The molecule has 3 rings (SSSR count). The highest BCUT2D eigenvalue weighted by Gasteiger charge is 2.18. The maximum atomic E-state index is 5.65. The van der Waals surface area contributed by atoms with Crippen molar-refractivity contribution in [2.24, 2.45) is 0 Å². The van der Waals surface area contributed by atoms with Crippen LogP contribution in [-0.4, -0.2) is 13.7 Å². The summed E-state index contributed by atoms with van der Waals surface area (Å²) in [5.74, 6) is 1.00. The van der Waals surface area contributed by atoms with Crippen molar-refractivity contribution in [2.75, 3.05) is 19.0 Å². The lowest BCUT2D eigenvalue weighted by atomic mass is 9.94. The Morgan fingerprint density at radius 3 is 2.68 bits per heavy atom. The Morgan fingerprint density at radius 2 is 1.89 bits per heavy atom. The summed E-state index contributed by atoms with van der Waals surface area (Å²) in [4.78, 5) is 0. The minimum absolute atomic E-state index is 1.00.